The summed E-state index contributed by atoms with van der Waals surface area (Å²) in [6, 6.07) is 26.1. The van der Waals surface area contributed by atoms with Crippen molar-refractivity contribution in [2.24, 2.45) is 5.92 Å². The van der Waals surface area contributed by atoms with E-state index in [2.05, 4.69) is 54.8 Å². The minimum atomic E-state index is -0.225. The Morgan fingerprint density at radius 1 is 0.750 bits per heavy atom. The second kappa shape index (κ2) is 9.75. The van der Waals surface area contributed by atoms with E-state index in [0.29, 0.717) is 5.92 Å². The molecule has 0 aliphatic rings. The van der Waals surface area contributed by atoms with E-state index in [-0.39, 0.29) is 6.03 Å². The van der Waals surface area contributed by atoms with Gasteiger partial charge in [-0.1, -0.05) is 74.5 Å². The van der Waals surface area contributed by atoms with E-state index >= 15 is 0 Å². The van der Waals surface area contributed by atoms with E-state index in [0.717, 1.165) is 36.2 Å². The summed E-state index contributed by atoms with van der Waals surface area (Å²) >= 11 is 0. The molecule has 0 saturated carbocycles. The number of aryl methyl sites for hydroxylation is 2. The highest BCUT2D eigenvalue weighted by Gasteiger charge is 2.07. The third-order valence-corrected chi connectivity index (χ3v) is 4.65. The molecule has 3 aromatic rings. The molecule has 144 valence electrons. The molecule has 0 bridgehead atoms. The van der Waals surface area contributed by atoms with E-state index in [1.54, 1.807) is 0 Å². The van der Waals surface area contributed by atoms with Crippen LogP contribution >= 0.6 is 0 Å². The van der Waals surface area contributed by atoms with Gasteiger partial charge in [0, 0.05) is 11.4 Å². The normalized spacial score (nSPS) is 10.7. The molecular formula is C25H28N2O. The van der Waals surface area contributed by atoms with Gasteiger partial charge < -0.3 is 10.6 Å². The number of nitrogens with one attached hydrogen (secondary N) is 2. The van der Waals surface area contributed by atoms with Gasteiger partial charge in [-0.25, -0.2) is 4.79 Å². The monoisotopic (exact) mass is 372 g/mol. The average Bonchev–Trinajstić information content (AvgIpc) is 2.69. The minimum Gasteiger partial charge on any atom is -0.308 e. The zero-order valence-corrected chi connectivity index (χ0v) is 16.6. The Morgan fingerprint density at radius 2 is 1.39 bits per heavy atom. The van der Waals surface area contributed by atoms with Gasteiger partial charge >= 0.3 is 6.03 Å². The molecule has 2 N–H and O–H groups in total. The first-order valence-electron chi connectivity index (χ1n) is 9.89. The molecule has 0 unspecified atom stereocenters. The third kappa shape index (κ3) is 5.98. The van der Waals surface area contributed by atoms with Crippen LogP contribution in [0.5, 0.6) is 0 Å². The van der Waals surface area contributed by atoms with Crippen LogP contribution in [-0.2, 0) is 19.3 Å². The summed E-state index contributed by atoms with van der Waals surface area (Å²) in [5.41, 5.74) is 5.47. The minimum absolute atomic E-state index is 0.225. The van der Waals surface area contributed by atoms with Gasteiger partial charge in [-0.2, -0.15) is 0 Å². The Morgan fingerprint density at radius 3 is 2.11 bits per heavy atom. The number of carbonyl (C=O) groups excluding carboxylic acids is 1. The molecule has 28 heavy (non-hydrogen) atoms. The number of urea groups is 1. The Balaban J connectivity index is 1.60. The highest BCUT2D eigenvalue weighted by Crippen LogP contribution is 2.19. The molecule has 0 heterocycles. The van der Waals surface area contributed by atoms with Crippen LogP contribution < -0.4 is 10.6 Å². The largest absolute Gasteiger partial charge is 0.323 e. The van der Waals surface area contributed by atoms with Gasteiger partial charge in [0.05, 0.1) is 0 Å². The Kier molecular flexibility index (Phi) is 6.85. The molecule has 0 aliphatic carbocycles. The predicted molar refractivity (Wildman–Crippen MR) is 118 cm³/mol. The number of hydrogen-bond acceptors (Lipinski definition) is 1. The van der Waals surface area contributed by atoms with Crippen molar-refractivity contribution in [1.82, 2.24) is 0 Å². The lowest BCUT2D eigenvalue weighted by Crippen LogP contribution is -2.20. The van der Waals surface area contributed by atoms with Gasteiger partial charge in [0.2, 0.25) is 0 Å². The molecule has 0 aromatic heterocycles. The number of benzene rings is 3. The topological polar surface area (TPSA) is 41.1 Å². The molecule has 0 fully saturated rings. The van der Waals surface area contributed by atoms with Crippen LogP contribution in [0.1, 0.15) is 30.5 Å². The smallest absolute Gasteiger partial charge is 0.308 e. The van der Waals surface area contributed by atoms with Crippen LogP contribution in [0.15, 0.2) is 78.9 Å². The molecule has 3 aromatic carbocycles. The molecule has 0 radical (unpaired) electrons. The molecule has 0 saturated heterocycles. The summed E-state index contributed by atoms with van der Waals surface area (Å²) in [5, 5.41) is 5.84. The number of para-hydroxylation sites is 2. The first-order chi connectivity index (χ1) is 13.6. The molecular weight excluding hydrogens is 344 g/mol. The van der Waals surface area contributed by atoms with Crippen LogP contribution in [0.3, 0.4) is 0 Å². The van der Waals surface area contributed by atoms with E-state index in [4.69, 9.17) is 0 Å². The average molecular weight is 373 g/mol. The molecule has 3 heteroatoms. The first kappa shape index (κ1) is 19.7. The van der Waals surface area contributed by atoms with E-state index in [1.807, 2.05) is 48.5 Å². The lowest BCUT2D eigenvalue weighted by Gasteiger charge is -2.12. The quantitative estimate of drug-likeness (QED) is 0.501. The summed E-state index contributed by atoms with van der Waals surface area (Å²) in [5.74, 6) is 0.672. The van der Waals surface area contributed by atoms with Crippen LogP contribution in [0.25, 0.3) is 0 Å². The van der Waals surface area contributed by atoms with Crippen molar-refractivity contribution in [3.05, 3.63) is 95.6 Å². The van der Waals surface area contributed by atoms with Crippen molar-refractivity contribution < 1.29 is 4.79 Å². The summed E-state index contributed by atoms with van der Waals surface area (Å²) in [6.07, 6.45) is 2.94. The number of hydrogen-bond donors (Lipinski definition) is 2. The lowest BCUT2D eigenvalue weighted by molar-refractivity contribution is 0.262. The molecule has 0 atom stereocenters. The predicted octanol–water partition coefficient (Wildman–Crippen LogP) is 6.31. The van der Waals surface area contributed by atoms with Crippen LogP contribution in [0, 0.1) is 5.92 Å². The van der Waals surface area contributed by atoms with Gasteiger partial charge in [0.1, 0.15) is 0 Å². The molecule has 0 spiro atoms. The fourth-order valence-corrected chi connectivity index (χ4v) is 3.26. The van der Waals surface area contributed by atoms with Gasteiger partial charge in [0.25, 0.3) is 0 Å². The standard InChI is InChI=1S/C25H28N2O/c1-19(2)18-21-14-12-20(13-15-21)16-17-22-8-6-7-11-24(22)27-25(28)26-23-9-4-3-5-10-23/h3-15,19H,16-18H2,1-2H3,(H2,26,27,28). The molecule has 0 aliphatic heterocycles. The van der Waals surface area contributed by atoms with Crippen LogP contribution in [0.4, 0.5) is 16.2 Å². The van der Waals surface area contributed by atoms with E-state index in [1.165, 1.54) is 11.1 Å². The Bertz CT molecular complexity index is 886. The number of rotatable bonds is 7. The zero-order valence-electron chi connectivity index (χ0n) is 16.6. The molecule has 3 nitrogen and oxygen atoms in total. The summed E-state index contributed by atoms with van der Waals surface area (Å²) in [6.45, 7) is 4.48. The molecule has 2 amide bonds. The first-order valence-corrected chi connectivity index (χ1v) is 9.89. The molecule has 3 rings (SSSR count). The lowest BCUT2D eigenvalue weighted by atomic mass is 9.99. The van der Waals surface area contributed by atoms with Crippen LogP contribution in [-0.4, -0.2) is 6.03 Å². The zero-order chi connectivity index (χ0) is 19.8. The third-order valence-electron chi connectivity index (χ3n) is 4.65. The Hall–Kier alpha value is -3.07. The van der Waals surface area contributed by atoms with Gasteiger partial charge in [-0.05, 0) is 60.1 Å². The van der Waals surface area contributed by atoms with Gasteiger partial charge in [0.15, 0.2) is 0 Å². The maximum absolute atomic E-state index is 12.3. The highest BCUT2D eigenvalue weighted by atomic mass is 16.2. The number of carbonyl (C=O) groups is 1. The van der Waals surface area contributed by atoms with E-state index < -0.39 is 0 Å². The van der Waals surface area contributed by atoms with Crippen molar-refractivity contribution in [3.63, 3.8) is 0 Å². The second-order valence-corrected chi connectivity index (χ2v) is 7.52. The fraction of sp³-hybridized carbons (Fsp3) is 0.240. The SMILES string of the molecule is CC(C)Cc1ccc(CCc2ccccc2NC(=O)Nc2ccccc2)cc1. The highest BCUT2D eigenvalue weighted by molar-refractivity contribution is 6.00. The second-order valence-electron chi connectivity index (χ2n) is 7.52. The van der Waals surface area contributed by atoms with Crippen molar-refractivity contribution in [1.29, 1.82) is 0 Å². The maximum Gasteiger partial charge on any atom is 0.323 e. The van der Waals surface area contributed by atoms with Gasteiger partial charge in [-0.3, -0.25) is 0 Å². The summed E-state index contributed by atoms with van der Waals surface area (Å²) < 4.78 is 0. The van der Waals surface area contributed by atoms with Crippen molar-refractivity contribution in [2.45, 2.75) is 33.1 Å². The summed E-state index contributed by atoms with van der Waals surface area (Å²) in [7, 11) is 0. The van der Waals surface area contributed by atoms with Crippen LogP contribution in [0.2, 0.25) is 0 Å². The fourth-order valence-electron chi connectivity index (χ4n) is 3.26. The van der Waals surface area contributed by atoms with E-state index in [9.17, 15) is 4.79 Å². The Labute approximate surface area is 167 Å². The summed E-state index contributed by atoms with van der Waals surface area (Å²) in [4.78, 5) is 12.3. The van der Waals surface area contributed by atoms with Crippen molar-refractivity contribution in [3.8, 4) is 0 Å². The maximum atomic E-state index is 12.3. The number of anilines is 2. The number of amides is 2. The van der Waals surface area contributed by atoms with Gasteiger partial charge in [-0.15, -0.1) is 0 Å². The van der Waals surface area contributed by atoms with Crippen molar-refractivity contribution >= 4 is 17.4 Å². The van der Waals surface area contributed by atoms with Crippen molar-refractivity contribution in [2.75, 3.05) is 10.6 Å².